The van der Waals surface area contributed by atoms with Gasteiger partial charge in [-0.25, -0.2) is 0 Å². The lowest BCUT2D eigenvalue weighted by atomic mass is 10.2. The minimum Gasteiger partial charge on any atom is -0.422 e. The van der Waals surface area contributed by atoms with E-state index in [1.54, 1.807) is 6.07 Å². The average molecular weight is 290 g/mol. The van der Waals surface area contributed by atoms with Crippen molar-refractivity contribution in [2.45, 2.75) is 6.92 Å². The van der Waals surface area contributed by atoms with Crippen LogP contribution in [0.2, 0.25) is 15.3 Å². The highest BCUT2D eigenvalue weighted by Crippen LogP contribution is 2.31. The predicted octanol–water partition coefficient (Wildman–Crippen LogP) is 4.54. The SMILES string of the molecule is Cc1cccc(Cl)c1Oc1nc(Cl)cc(Cl)n1. The Morgan fingerprint density at radius 2 is 1.71 bits per heavy atom. The monoisotopic (exact) mass is 288 g/mol. The first-order valence-corrected chi connectivity index (χ1v) is 5.82. The van der Waals surface area contributed by atoms with E-state index in [2.05, 4.69) is 9.97 Å². The summed E-state index contributed by atoms with van der Waals surface area (Å²) in [4.78, 5) is 7.80. The van der Waals surface area contributed by atoms with Crippen molar-refractivity contribution in [3.8, 4) is 11.8 Å². The zero-order chi connectivity index (χ0) is 12.4. The lowest BCUT2D eigenvalue weighted by Gasteiger charge is -2.08. The van der Waals surface area contributed by atoms with E-state index in [-0.39, 0.29) is 16.3 Å². The van der Waals surface area contributed by atoms with Crippen LogP contribution in [-0.2, 0) is 0 Å². The van der Waals surface area contributed by atoms with Gasteiger partial charge in [-0.2, -0.15) is 9.97 Å². The molecule has 0 spiro atoms. The van der Waals surface area contributed by atoms with Crippen LogP contribution in [0.5, 0.6) is 11.8 Å². The summed E-state index contributed by atoms with van der Waals surface area (Å²) >= 11 is 17.5. The van der Waals surface area contributed by atoms with E-state index in [4.69, 9.17) is 39.5 Å². The van der Waals surface area contributed by atoms with Gasteiger partial charge in [0.05, 0.1) is 5.02 Å². The fourth-order valence-corrected chi connectivity index (χ4v) is 1.92. The van der Waals surface area contributed by atoms with Crippen LogP contribution in [-0.4, -0.2) is 9.97 Å². The highest BCUT2D eigenvalue weighted by molar-refractivity contribution is 6.33. The van der Waals surface area contributed by atoms with E-state index >= 15 is 0 Å². The van der Waals surface area contributed by atoms with E-state index in [1.807, 2.05) is 19.1 Å². The third-order valence-corrected chi connectivity index (χ3v) is 2.69. The Morgan fingerprint density at radius 1 is 1.06 bits per heavy atom. The Bertz CT molecular complexity index is 520. The van der Waals surface area contributed by atoms with Gasteiger partial charge in [0, 0.05) is 6.07 Å². The molecular formula is C11H7Cl3N2O. The number of halogens is 3. The molecule has 3 nitrogen and oxygen atoms in total. The number of hydrogen-bond acceptors (Lipinski definition) is 3. The summed E-state index contributed by atoms with van der Waals surface area (Å²) in [5.41, 5.74) is 0.872. The van der Waals surface area contributed by atoms with Crippen molar-refractivity contribution in [1.29, 1.82) is 0 Å². The second-order valence-corrected chi connectivity index (χ2v) is 4.47. The molecule has 0 radical (unpaired) electrons. The van der Waals surface area contributed by atoms with Crippen molar-refractivity contribution in [3.05, 3.63) is 45.2 Å². The van der Waals surface area contributed by atoms with E-state index in [0.29, 0.717) is 10.8 Å². The van der Waals surface area contributed by atoms with Crippen LogP contribution in [0.25, 0.3) is 0 Å². The number of hydrogen-bond donors (Lipinski definition) is 0. The number of aryl methyl sites for hydroxylation is 1. The molecule has 1 heterocycles. The summed E-state index contributed by atoms with van der Waals surface area (Å²) in [5.74, 6) is 0.493. The van der Waals surface area contributed by atoms with Crippen molar-refractivity contribution in [1.82, 2.24) is 9.97 Å². The lowest BCUT2D eigenvalue weighted by Crippen LogP contribution is -1.94. The second-order valence-electron chi connectivity index (χ2n) is 3.28. The van der Waals surface area contributed by atoms with Gasteiger partial charge in [-0.1, -0.05) is 46.9 Å². The van der Waals surface area contributed by atoms with E-state index < -0.39 is 0 Å². The fourth-order valence-electron chi connectivity index (χ4n) is 1.25. The van der Waals surface area contributed by atoms with Crippen molar-refractivity contribution in [2.75, 3.05) is 0 Å². The van der Waals surface area contributed by atoms with Crippen LogP contribution in [0.4, 0.5) is 0 Å². The molecule has 1 aromatic carbocycles. The molecule has 0 atom stereocenters. The molecule has 0 saturated carbocycles. The van der Waals surface area contributed by atoms with Crippen molar-refractivity contribution in [3.63, 3.8) is 0 Å². The summed E-state index contributed by atoms with van der Waals surface area (Å²) in [6, 6.07) is 6.91. The summed E-state index contributed by atoms with van der Waals surface area (Å²) in [6.45, 7) is 1.87. The normalized spacial score (nSPS) is 10.4. The molecule has 0 unspecified atom stereocenters. The lowest BCUT2D eigenvalue weighted by molar-refractivity contribution is 0.439. The van der Waals surface area contributed by atoms with Crippen molar-refractivity contribution >= 4 is 34.8 Å². The third kappa shape index (κ3) is 3.00. The highest BCUT2D eigenvalue weighted by atomic mass is 35.5. The smallest absolute Gasteiger partial charge is 0.324 e. The summed E-state index contributed by atoms with van der Waals surface area (Å²) in [7, 11) is 0. The molecule has 0 aliphatic rings. The van der Waals surface area contributed by atoms with E-state index in [0.717, 1.165) is 5.56 Å². The molecule has 88 valence electrons. The molecule has 0 fully saturated rings. The van der Waals surface area contributed by atoms with Gasteiger partial charge >= 0.3 is 6.01 Å². The maximum absolute atomic E-state index is 6.01. The van der Waals surface area contributed by atoms with E-state index in [1.165, 1.54) is 6.07 Å². The van der Waals surface area contributed by atoms with Crippen LogP contribution in [0.3, 0.4) is 0 Å². The quantitative estimate of drug-likeness (QED) is 0.761. The minimum atomic E-state index is 0.0682. The van der Waals surface area contributed by atoms with Gasteiger partial charge in [-0.15, -0.1) is 0 Å². The van der Waals surface area contributed by atoms with Crippen molar-refractivity contribution in [2.24, 2.45) is 0 Å². The molecule has 6 heteroatoms. The Labute approximate surface area is 113 Å². The van der Waals surface area contributed by atoms with Crippen molar-refractivity contribution < 1.29 is 4.74 Å². The Balaban J connectivity index is 2.38. The molecule has 0 aliphatic carbocycles. The van der Waals surface area contributed by atoms with Gasteiger partial charge in [0.15, 0.2) is 5.75 Å². The largest absolute Gasteiger partial charge is 0.422 e. The maximum Gasteiger partial charge on any atom is 0.324 e. The van der Waals surface area contributed by atoms with E-state index in [9.17, 15) is 0 Å². The first kappa shape index (κ1) is 12.4. The third-order valence-electron chi connectivity index (χ3n) is 2.00. The Hall–Kier alpha value is -1.03. The molecule has 0 aliphatic heterocycles. The van der Waals surface area contributed by atoms with Crippen LogP contribution in [0.1, 0.15) is 5.56 Å². The first-order chi connectivity index (χ1) is 8.06. The number of ether oxygens (including phenoxy) is 1. The fraction of sp³-hybridized carbons (Fsp3) is 0.0909. The number of nitrogens with zero attached hydrogens (tertiary/aromatic N) is 2. The summed E-state index contributed by atoms with van der Waals surface area (Å²) in [6.07, 6.45) is 0. The Morgan fingerprint density at radius 3 is 2.29 bits per heavy atom. The molecule has 0 N–H and O–H groups in total. The first-order valence-electron chi connectivity index (χ1n) is 4.69. The molecule has 0 bridgehead atoms. The molecule has 0 saturated heterocycles. The summed E-state index contributed by atoms with van der Waals surface area (Å²) in [5, 5.41) is 0.902. The van der Waals surface area contributed by atoms with Gasteiger partial charge in [-0.05, 0) is 18.6 Å². The number of rotatable bonds is 2. The topological polar surface area (TPSA) is 35.0 Å². The molecule has 1 aromatic heterocycles. The van der Waals surface area contributed by atoms with Gasteiger partial charge in [0.2, 0.25) is 0 Å². The highest BCUT2D eigenvalue weighted by Gasteiger charge is 2.09. The summed E-state index contributed by atoms with van der Waals surface area (Å²) < 4.78 is 5.48. The predicted molar refractivity (Wildman–Crippen MR) is 68.3 cm³/mol. The maximum atomic E-state index is 6.01. The Kier molecular flexibility index (Phi) is 3.72. The molecule has 0 amide bonds. The van der Waals surface area contributed by atoms with Gasteiger partial charge < -0.3 is 4.74 Å². The average Bonchev–Trinajstić information content (AvgIpc) is 2.22. The van der Waals surface area contributed by atoms with Gasteiger partial charge in [-0.3, -0.25) is 0 Å². The van der Waals surface area contributed by atoms with Gasteiger partial charge in [0.1, 0.15) is 10.3 Å². The van der Waals surface area contributed by atoms with Crippen LogP contribution < -0.4 is 4.74 Å². The zero-order valence-electron chi connectivity index (χ0n) is 8.75. The van der Waals surface area contributed by atoms with Crippen LogP contribution >= 0.6 is 34.8 Å². The van der Waals surface area contributed by atoms with Crippen LogP contribution in [0, 0.1) is 6.92 Å². The zero-order valence-corrected chi connectivity index (χ0v) is 11.0. The second kappa shape index (κ2) is 5.08. The number of benzene rings is 1. The number of aromatic nitrogens is 2. The minimum absolute atomic E-state index is 0.0682. The molecule has 17 heavy (non-hydrogen) atoms. The number of para-hydroxylation sites is 1. The van der Waals surface area contributed by atoms with Crippen LogP contribution in [0.15, 0.2) is 24.3 Å². The molecular weight excluding hydrogens is 282 g/mol. The van der Waals surface area contributed by atoms with Gasteiger partial charge in [0.25, 0.3) is 0 Å². The molecule has 2 aromatic rings. The molecule has 2 rings (SSSR count). The standard InChI is InChI=1S/C11H7Cl3N2O/c1-6-3-2-4-7(12)10(6)17-11-15-8(13)5-9(14)16-11/h2-5H,1H3.